The SMILES string of the molecule is CC[N+](CC)(CCNC1=CC(=O)C(NCC[N+](CC)(CC)Cc2ccccc2)=CC1=O)Cc1ccccc1.[Cl-].[Cl-]. The van der Waals surface area contributed by atoms with Gasteiger partial charge in [-0.3, -0.25) is 9.59 Å². The maximum Gasteiger partial charge on any atom is 0.203 e. The number of allylic oxidation sites excluding steroid dienone is 2. The fourth-order valence-electron chi connectivity index (χ4n) is 5.32. The van der Waals surface area contributed by atoms with Crippen molar-refractivity contribution < 1.29 is 43.4 Å². The smallest absolute Gasteiger partial charge is 0.203 e. The van der Waals surface area contributed by atoms with Crippen molar-refractivity contribution in [3.05, 3.63) is 95.3 Å². The van der Waals surface area contributed by atoms with Gasteiger partial charge in [-0.05, 0) is 27.7 Å². The molecule has 0 atom stereocenters. The van der Waals surface area contributed by atoms with Crippen LogP contribution in [0.3, 0.4) is 0 Å². The van der Waals surface area contributed by atoms with Gasteiger partial charge in [-0.25, -0.2) is 0 Å². The molecule has 2 aromatic rings. The van der Waals surface area contributed by atoms with E-state index in [0.29, 0.717) is 24.5 Å². The number of hydrogen-bond acceptors (Lipinski definition) is 4. The van der Waals surface area contributed by atoms with Crippen LogP contribution in [0.2, 0.25) is 0 Å². The lowest BCUT2D eigenvalue weighted by atomic mass is 10.1. The molecule has 0 aromatic heterocycles. The molecular weight excluding hydrogens is 543 g/mol. The molecule has 0 bridgehead atoms. The molecular formula is C32H46Cl2N4O2. The van der Waals surface area contributed by atoms with Crippen LogP contribution in [0.15, 0.2) is 84.2 Å². The van der Waals surface area contributed by atoms with Crippen LogP contribution in [-0.4, -0.2) is 72.9 Å². The summed E-state index contributed by atoms with van der Waals surface area (Å²) < 4.78 is 1.85. The summed E-state index contributed by atoms with van der Waals surface area (Å²) in [6.45, 7) is 17.8. The summed E-state index contributed by atoms with van der Waals surface area (Å²) in [5.41, 5.74) is 3.41. The number of nitrogens with zero attached hydrogens (tertiary/aromatic N) is 2. The lowest BCUT2D eigenvalue weighted by Crippen LogP contribution is -3.00. The zero-order valence-electron chi connectivity index (χ0n) is 24.5. The number of nitrogens with one attached hydrogen (secondary N) is 2. The summed E-state index contributed by atoms with van der Waals surface area (Å²) in [5.74, 6) is -0.283. The van der Waals surface area contributed by atoms with Gasteiger partial charge >= 0.3 is 0 Å². The van der Waals surface area contributed by atoms with E-state index in [1.807, 2.05) is 12.1 Å². The second-order valence-corrected chi connectivity index (χ2v) is 10.4. The molecule has 8 heteroatoms. The van der Waals surface area contributed by atoms with Crippen LogP contribution in [-0.2, 0) is 22.7 Å². The van der Waals surface area contributed by atoms with Crippen molar-refractivity contribution in [2.45, 2.75) is 40.8 Å². The van der Waals surface area contributed by atoms with Crippen LogP contribution in [0, 0.1) is 0 Å². The number of carbonyl (C=O) groups is 2. The maximum absolute atomic E-state index is 12.8. The molecule has 6 nitrogen and oxygen atoms in total. The third-order valence-corrected chi connectivity index (χ3v) is 8.29. The van der Waals surface area contributed by atoms with E-state index in [-0.39, 0.29) is 36.4 Å². The number of quaternary nitrogens is 2. The predicted molar refractivity (Wildman–Crippen MR) is 155 cm³/mol. The first kappa shape index (κ1) is 35.4. The third kappa shape index (κ3) is 9.77. The van der Waals surface area contributed by atoms with E-state index in [0.717, 1.165) is 61.3 Å². The Morgan fingerprint density at radius 2 is 0.875 bits per heavy atom. The van der Waals surface area contributed by atoms with E-state index >= 15 is 0 Å². The minimum absolute atomic E-state index is 0. The minimum Gasteiger partial charge on any atom is -1.00 e. The number of benzene rings is 2. The monoisotopic (exact) mass is 588 g/mol. The van der Waals surface area contributed by atoms with E-state index in [1.165, 1.54) is 23.3 Å². The van der Waals surface area contributed by atoms with E-state index in [9.17, 15) is 9.59 Å². The number of ketones is 2. The van der Waals surface area contributed by atoms with E-state index < -0.39 is 0 Å². The molecule has 0 saturated carbocycles. The number of hydrogen-bond donors (Lipinski definition) is 2. The molecule has 1 aliphatic rings. The normalized spacial score (nSPS) is 13.5. The topological polar surface area (TPSA) is 58.2 Å². The number of likely N-dealkylation sites (N-methyl/N-ethyl adjacent to an activating group) is 2. The van der Waals surface area contributed by atoms with Crippen LogP contribution >= 0.6 is 0 Å². The Bertz CT molecular complexity index is 1020. The molecule has 220 valence electrons. The maximum atomic E-state index is 12.8. The summed E-state index contributed by atoms with van der Waals surface area (Å²) in [5, 5.41) is 6.52. The van der Waals surface area contributed by atoms with Crippen molar-refractivity contribution in [2.24, 2.45) is 0 Å². The highest BCUT2D eigenvalue weighted by atomic mass is 35.5. The van der Waals surface area contributed by atoms with Crippen LogP contribution in [0.4, 0.5) is 0 Å². The van der Waals surface area contributed by atoms with Crippen molar-refractivity contribution in [2.75, 3.05) is 52.4 Å². The predicted octanol–water partition coefficient (Wildman–Crippen LogP) is -1.79. The molecule has 1 aliphatic carbocycles. The Balaban J connectivity index is 0.00000400. The standard InChI is InChI=1S/C32H44N4O2.2ClH/c1-5-35(6-2,25-27-15-11-9-12-16-27)21-19-33-29-23-32(38)30(24-31(29)37)34-20-22-36(7-3,8-4)26-28-17-13-10-14-18-28;;/h9-18,23-24H,5-8,19-22,25-26H2,1-4H3;2*1H. The van der Waals surface area contributed by atoms with Gasteiger partial charge in [0.15, 0.2) is 0 Å². The quantitative estimate of drug-likeness (QED) is 0.180. The summed E-state index contributed by atoms with van der Waals surface area (Å²) in [6, 6.07) is 21.1. The molecule has 0 saturated heterocycles. The van der Waals surface area contributed by atoms with Gasteiger partial charge in [0.1, 0.15) is 13.1 Å². The molecule has 0 unspecified atom stereocenters. The first-order valence-electron chi connectivity index (χ1n) is 14.2. The molecule has 40 heavy (non-hydrogen) atoms. The zero-order chi connectivity index (χ0) is 27.4. The summed E-state index contributed by atoms with van der Waals surface area (Å²) >= 11 is 0. The first-order valence-corrected chi connectivity index (χ1v) is 14.2. The van der Waals surface area contributed by atoms with Crippen molar-refractivity contribution in [3.63, 3.8) is 0 Å². The van der Waals surface area contributed by atoms with Crippen LogP contribution in [0.5, 0.6) is 0 Å². The molecule has 0 fully saturated rings. The molecule has 0 amide bonds. The fraction of sp³-hybridized carbons (Fsp3) is 0.438. The van der Waals surface area contributed by atoms with Gasteiger partial charge in [0.05, 0.1) is 63.8 Å². The Morgan fingerprint density at radius 1 is 0.550 bits per heavy atom. The number of carbonyl (C=O) groups excluding carboxylic acids is 2. The van der Waals surface area contributed by atoms with Crippen molar-refractivity contribution >= 4 is 11.6 Å². The fourth-order valence-corrected chi connectivity index (χ4v) is 5.32. The second kappa shape index (κ2) is 17.2. The van der Waals surface area contributed by atoms with Gasteiger partial charge in [-0.15, -0.1) is 0 Å². The summed E-state index contributed by atoms with van der Waals surface area (Å²) in [6.07, 6.45) is 2.92. The summed E-state index contributed by atoms with van der Waals surface area (Å²) in [4.78, 5) is 25.7. The van der Waals surface area contributed by atoms with Gasteiger partial charge in [0, 0.05) is 23.3 Å². The molecule has 0 radical (unpaired) electrons. The highest BCUT2D eigenvalue weighted by Gasteiger charge is 2.27. The largest absolute Gasteiger partial charge is 1.00 e. The van der Waals surface area contributed by atoms with E-state index in [2.05, 4.69) is 86.9 Å². The lowest BCUT2D eigenvalue weighted by Gasteiger charge is -2.37. The third-order valence-electron chi connectivity index (χ3n) is 8.29. The minimum atomic E-state index is -0.141. The number of halogens is 2. The van der Waals surface area contributed by atoms with Crippen molar-refractivity contribution in [3.8, 4) is 0 Å². The molecule has 0 spiro atoms. The average molecular weight is 590 g/mol. The first-order chi connectivity index (χ1) is 18.4. The molecule has 2 N–H and O–H groups in total. The van der Waals surface area contributed by atoms with E-state index in [1.54, 1.807) is 0 Å². The van der Waals surface area contributed by atoms with Crippen LogP contribution in [0.25, 0.3) is 0 Å². The molecule has 3 rings (SSSR count). The molecule has 0 heterocycles. The lowest BCUT2D eigenvalue weighted by molar-refractivity contribution is -0.936. The zero-order valence-corrected chi connectivity index (χ0v) is 26.0. The average Bonchev–Trinajstić information content (AvgIpc) is 2.95. The Labute approximate surface area is 253 Å². The van der Waals surface area contributed by atoms with Crippen molar-refractivity contribution in [1.29, 1.82) is 0 Å². The Morgan fingerprint density at radius 3 is 1.18 bits per heavy atom. The van der Waals surface area contributed by atoms with Crippen LogP contribution in [0.1, 0.15) is 38.8 Å². The van der Waals surface area contributed by atoms with Crippen LogP contribution < -0.4 is 35.4 Å². The number of rotatable bonds is 16. The van der Waals surface area contributed by atoms with Gasteiger partial charge < -0.3 is 44.4 Å². The highest BCUT2D eigenvalue weighted by Crippen LogP contribution is 2.16. The van der Waals surface area contributed by atoms with Gasteiger partial charge in [0.25, 0.3) is 0 Å². The Kier molecular flexibility index (Phi) is 15.2. The van der Waals surface area contributed by atoms with Gasteiger partial charge in [-0.1, -0.05) is 60.7 Å². The van der Waals surface area contributed by atoms with Gasteiger partial charge in [-0.2, -0.15) is 0 Å². The van der Waals surface area contributed by atoms with Crippen molar-refractivity contribution in [1.82, 2.24) is 10.6 Å². The molecule has 0 aliphatic heterocycles. The highest BCUT2D eigenvalue weighted by molar-refractivity contribution is 6.19. The van der Waals surface area contributed by atoms with Gasteiger partial charge in [0.2, 0.25) is 11.6 Å². The van der Waals surface area contributed by atoms with E-state index in [4.69, 9.17) is 0 Å². The second-order valence-electron chi connectivity index (χ2n) is 10.4. The molecule has 2 aromatic carbocycles. The summed E-state index contributed by atoms with van der Waals surface area (Å²) in [7, 11) is 0. The Hall–Kier alpha value is -2.64.